The van der Waals surface area contributed by atoms with Gasteiger partial charge in [0.2, 0.25) is 0 Å². The lowest BCUT2D eigenvalue weighted by atomic mass is 9.78. The summed E-state index contributed by atoms with van der Waals surface area (Å²) in [6, 6.07) is 0.111. The highest BCUT2D eigenvalue weighted by Crippen LogP contribution is 2.34. The van der Waals surface area contributed by atoms with Crippen LogP contribution in [0.2, 0.25) is 0 Å². The highest BCUT2D eigenvalue weighted by atomic mass is 16.5. The van der Waals surface area contributed by atoms with E-state index in [9.17, 15) is 0 Å². The first kappa shape index (κ1) is 13.6. The van der Waals surface area contributed by atoms with Crippen LogP contribution in [0, 0.1) is 0 Å². The Balaban J connectivity index is 1.93. The maximum absolute atomic E-state index is 6.40. The third-order valence-electron chi connectivity index (χ3n) is 4.38. The van der Waals surface area contributed by atoms with Crippen LogP contribution in [0.15, 0.2) is 12.4 Å². The summed E-state index contributed by atoms with van der Waals surface area (Å²) in [5, 5.41) is 0. The molecule has 1 aromatic heterocycles. The molecule has 0 saturated heterocycles. The minimum atomic E-state index is -0.0938. The molecule has 1 unspecified atom stereocenters. The van der Waals surface area contributed by atoms with E-state index in [1.165, 1.54) is 19.3 Å². The van der Waals surface area contributed by atoms with Gasteiger partial charge in [-0.25, -0.2) is 4.98 Å². The molecule has 18 heavy (non-hydrogen) atoms. The van der Waals surface area contributed by atoms with E-state index in [0.29, 0.717) is 0 Å². The predicted octanol–water partition coefficient (Wildman–Crippen LogP) is 2.03. The van der Waals surface area contributed by atoms with Gasteiger partial charge in [0.05, 0.1) is 5.60 Å². The zero-order valence-electron chi connectivity index (χ0n) is 11.6. The second kappa shape index (κ2) is 5.85. The third kappa shape index (κ3) is 2.75. The smallest absolute Gasteiger partial charge is 0.108 e. The number of nitrogens with two attached hydrogens (primary N) is 1. The molecule has 0 aromatic carbocycles. The average Bonchev–Trinajstić information content (AvgIpc) is 2.82. The molecule has 0 aliphatic heterocycles. The van der Waals surface area contributed by atoms with Crippen molar-refractivity contribution < 1.29 is 4.74 Å². The molecule has 1 aliphatic rings. The van der Waals surface area contributed by atoms with Crippen molar-refractivity contribution >= 4 is 0 Å². The van der Waals surface area contributed by atoms with Gasteiger partial charge in [0.25, 0.3) is 0 Å². The molecule has 1 saturated carbocycles. The van der Waals surface area contributed by atoms with Crippen LogP contribution in [-0.2, 0) is 18.2 Å². The van der Waals surface area contributed by atoms with E-state index in [4.69, 9.17) is 10.5 Å². The zero-order chi connectivity index (χ0) is 13.0. The highest BCUT2D eigenvalue weighted by molar-refractivity contribution is 4.97. The third-order valence-corrected chi connectivity index (χ3v) is 4.38. The molecule has 4 nitrogen and oxygen atoms in total. The van der Waals surface area contributed by atoms with Gasteiger partial charge in [0.1, 0.15) is 5.82 Å². The van der Waals surface area contributed by atoms with Crippen molar-refractivity contribution in [1.29, 1.82) is 0 Å². The monoisotopic (exact) mass is 251 g/mol. The van der Waals surface area contributed by atoms with Crippen molar-refractivity contribution in [1.82, 2.24) is 9.55 Å². The van der Waals surface area contributed by atoms with Gasteiger partial charge >= 0.3 is 0 Å². The molecular formula is C14H25N3O. The van der Waals surface area contributed by atoms with Crippen molar-refractivity contribution in [2.24, 2.45) is 12.8 Å². The summed E-state index contributed by atoms with van der Waals surface area (Å²) in [6.07, 6.45) is 11.7. The fraction of sp³-hybridized carbons (Fsp3) is 0.786. The van der Waals surface area contributed by atoms with Gasteiger partial charge in [-0.15, -0.1) is 0 Å². The highest BCUT2D eigenvalue weighted by Gasteiger charge is 2.37. The summed E-state index contributed by atoms with van der Waals surface area (Å²) in [4.78, 5) is 4.35. The number of aromatic nitrogens is 2. The van der Waals surface area contributed by atoms with Gasteiger partial charge in [-0.2, -0.15) is 0 Å². The maximum atomic E-state index is 6.40. The van der Waals surface area contributed by atoms with Gasteiger partial charge in [-0.3, -0.25) is 0 Å². The second-order valence-electron chi connectivity index (χ2n) is 5.43. The maximum Gasteiger partial charge on any atom is 0.108 e. The van der Waals surface area contributed by atoms with Crippen molar-refractivity contribution in [3.8, 4) is 0 Å². The van der Waals surface area contributed by atoms with E-state index < -0.39 is 0 Å². The lowest BCUT2D eigenvalue weighted by Crippen LogP contribution is -2.51. The fourth-order valence-corrected chi connectivity index (χ4v) is 3.06. The topological polar surface area (TPSA) is 53.1 Å². The Morgan fingerprint density at radius 3 is 2.72 bits per heavy atom. The Labute approximate surface area is 110 Å². The van der Waals surface area contributed by atoms with Gasteiger partial charge in [-0.05, 0) is 19.3 Å². The summed E-state index contributed by atoms with van der Waals surface area (Å²) in [7, 11) is 3.84. The van der Waals surface area contributed by atoms with Crippen molar-refractivity contribution in [2.45, 2.75) is 56.6 Å². The van der Waals surface area contributed by atoms with Gasteiger partial charge in [-0.1, -0.05) is 19.3 Å². The van der Waals surface area contributed by atoms with Crippen LogP contribution in [-0.4, -0.2) is 28.3 Å². The molecule has 0 radical (unpaired) electrons. The Morgan fingerprint density at radius 1 is 1.44 bits per heavy atom. The lowest BCUT2D eigenvalue weighted by Gasteiger charge is -2.40. The van der Waals surface area contributed by atoms with Crippen LogP contribution in [0.4, 0.5) is 0 Å². The van der Waals surface area contributed by atoms with E-state index in [1.807, 2.05) is 26.6 Å². The predicted molar refractivity (Wildman–Crippen MR) is 72.3 cm³/mol. The summed E-state index contributed by atoms with van der Waals surface area (Å²) in [6.45, 7) is 0. The lowest BCUT2D eigenvalue weighted by molar-refractivity contribution is -0.0601. The average molecular weight is 251 g/mol. The number of nitrogens with zero attached hydrogens (tertiary/aromatic N) is 2. The van der Waals surface area contributed by atoms with Crippen LogP contribution >= 0.6 is 0 Å². The SMILES string of the molecule is COC1(C(N)CCc2nccn2C)CCCCC1. The van der Waals surface area contributed by atoms with E-state index in [1.54, 1.807) is 0 Å². The first-order chi connectivity index (χ1) is 8.68. The Hall–Kier alpha value is -0.870. The molecule has 102 valence electrons. The molecule has 4 heteroatoms. The summed E-state index contributed by atoms with van der Waals surface area (Å²) < 4.78 is 7.85. The van der Waals surface area contributed by atoms with Crippen LogP contribution in [0.25, 0.3) is 0 Å². The molecule has 1 aliphatic carbocycles. The number of methoxy groups -OCH3 is 1. The van der Waals surface area contributed by atoms with E-state index in [-0.39, 0.29) is 11.6 Å². The van der Waals surface area contributed by atoms with E-state index in [2.05, 4.69) is 9.55 Å². The Bertz CT molecular complexity index is 369. The number of hydrogen-bond donors (Lipinski definition) is 1. The van der Waals surface area contributed by atoms with Crippen molar-refractivity contribution in [3.63, 3.8) is 0 Å². The molecule has 0 amide bonds. The summed E-state index contributed by atoms with van der Waals surface area (Å²) >= 11 is 0. The molecule has 2 N–H and O–H groups in total. The molecule has 0 spiro atoms. The van der Waals surface area contributed by atoms with Crippen LogP contribution in [0.1, 0.15) is 44.3 Å². The zero-order valence-corrected chi connectivity index (χ0v) is 11.6. The van der Waals surface area contributed by atoms with Gasteiger partial charge in [0, 0.05) is 39.0 Å². The van der Waals surface area contributed by atoms with Crippen molar-refractivity contribution in [3.05, 3.63) is 18.2 Å². The Morgan fingerprint density at radius 2 is 2.17 bits per heavy atom. The van der Waals surface area contributed by atoms with Crippen LogP contribution < -0.4 is 5.73 Å². The minimum Gasteiger partial charge on any atom is -0.377 e. The van der Waals surface area contributed by atoms with Crippen molar-refractivity contribution in [2.75, 3.05) is 7.11 Å². The first-order valence-corrected chi connectivity index (χ1v) is 6.95. The molecule has 1 atom stereocenters. The summed E-state index contributed by atoms with van der Waals surface area (Å²) in [5.41, 5.74) is 6.30. The van der Waals surface area contributed by atoms with Gasteiger partial charge in [0.15, 0.2) is 0 Å². The quantitative estimate of drug-likeness (QED) is 0.871. The number of hydrogen-bond acceptors (Lipinski definition) is 3. The number of rotatable bonds is 5. The summed E-state index contributed by atoms with van der Waals surface area (Å²) in [5.74, 6) is 1.10. The number of imidazole rings is 1. The second-order valence-corrected chi connectivity index (χ2v) is 5.43. The first-order valence-electron chi connectivity index (χ1n) is 6.95. The molecule has 1 heterocycles. The van der Waals surface area contributed by atoms with Crippen LogP contribution in [0.3, 0.4) is 0 Å². The Kier molecular flexibility index (Phi) is 4.40. The van der Waals surface area contributed by atoms with E-state index in [0.717, 1.165) is 31.5 Å². The number of aryl methyl sites for hydroxylation is 2. The molecule has 0 bridgehead atoms. The van der Waals surface area contributed by atoms with Gasteiger partial charge < -0.3 is 15.0 Å². The van der Waals surface area contributed by atoms with E-state index >= 15 is 0 Å². The standard InChI is InChI=1S/C14H25N3O/c1-17-11-10-16-13(17)7-6-12(15)14(18-2)8-4-3-5-9-14/h10-12H,3-9,15H2,1-2H3. The molecule has 1 fully saturated rings. The fourth-order valence-electron chi connectivity index (χ4n) is 3.06. The number of ether oxygens (including phenoxy) is 1. The minimum absolute atomic E-state index is 0.0938. The largest absolute Gasteiger partial charge is 0.377 e. The molecule has 1 aromatic rings. The van der Waals surface area contributed by atoms with Crippen LogP contribution in [0.5, 0.6) is 0 Å². The normalized spacial score (nSPS) is 20.8. The molecular weight excluding hydrogens is 226 g/mol. The molecule has 2 rings (SSSR count).